The smallest absolute Gasteiger partial charge is 0.329 e. The summed E-state index contributed by atoms with van der Waals surface area (Å²) in [6.45, 7) is 0.247. The topological polar surface area (TPSA) is 79.8 Å². The minimum atomic E-state index is -0.967. The van der Waals surface area contributed by atoms with Gasteiger partial charge in [0.2, 0.25) is 0 Å². The van der Waals surface area contributed by atoms with E-state index in [0.29, 0.717) is 21.4 Å². The summed E-state index contributed by atoms with van der Waals surface area (Å²) in [5, 5.41) is 7.15. The molecule has 0 aromatic heterocycles. The Morgan fingerprint density at radius 3 is 2.52 bits per heavy atom. The van der Waals surface area contributed by atoms with E-state index in [1.807, 2.05) is 0 Å². The summed E-state index contributed by atoms with van der Waals surface area (Å²) in [5.41, 5.74) is 3.83. The molecule has 0 fully saturated rings. The van der Waals surface area contributed by atoms with E-state index in [0.717, 1.165) is 5.56 Å². The molecule has 2 N–H and O–H groups in total. The number of nitrogens with zero attached hydrogens (tertiary/aromatic N) is 1. The molecule has 0 atom stereocenters. The van der Waals surface area contributed by atoms with E-state index in [9.17, 15) is 14.0 Å². The van der Waals surface area contributed by atoms with Gasteiger partial charge >= 0.3 is 11.8 Å². The molecule has 0 aliphatic heterocycles. The molecule has 3 aromatic carbocycles. The Bertz CT molecular complexity index is 1120. The number of halogens is 3. The summed E-state index contributed by atoms with van der Waals surface area (Å²) in [7, 11) is 0. The van der Waals surface area contributed by atoms with Crippen LogP contribution >= 0.6 is 23.2 Å². The van der Waals surface area contributed by atoms with Crippen molar-refractivity contribution in [3.05, 3.63) is 93.7 Å². The Morgan fingerprint density at radius 1 is 1.00 bits per heavy atom. The molecule has 0 heterocycles. The van der Waals surface area contributed by atoms with Crippen LogP contribution in [0.25, 0.3) is 0 Å². The molecule has 0 spiro atoms. The molecule has 0 bridgehead atoms. The van der Waals surface area contributed by atoms with Crippen LogP contribution in [0, 0.1) is 5.82 Å². The molecule has 31 heavy (non-hydrogen) atoms. The normalized spacial score (nSPS) is 10.7. The fourth-order valence-corrected chi connectivity index (χ4v) is 2.88. The van der Waals surface area contributed by atoms with Gasteiger partial charge in [0.25, 0.3) is 0 Å². The number of hydrazone groups is 1. The van der Waals surface area contributed by atoms with Gasteiger partial charge in [-0.15, -0.1) is 0 Å². The highest BCUT2D eigenvalue weighted by atomic mass is 35.5. The van der Waals surface area contributed by atoms with E-state index >= 15 is 0 Å². The van der Waals surface area contributed by atoms with Crippen molar-refractivity contribution in [1.29, 1.82) is 0 Å². The van der Waals surface area contributed by atoms with Crippen LogP contribution in [0.2, 0.25) is 10.0 Å². The van der Waals surface area contributed by atoms with Gasteiger partial charge in [0.15, 0.2) is 0 Å². The number of ether oxygens (including phenoxy) is 1. The van der Waals surface area contributed by atoms with Gasteiger partial charge in [-0.05, 0) is 54.1 Å². The Labute approximate surface area is 187 Å². The summed E-state index contributed by atoms with van der Waals surface area (Å²) in [6, 6.07) is 17.1. The van der Waals surface area contributed by atoms with Gasteiger partial charge in [0.1, 0.15) is 18.2 Å². The summed E-state index contributed by atoms with van der Waals surface area (Å²) < 4.78 is 18.6. The second-order valence-corrected chi connectivity index (χ2v) is 7.10. The quantitative estimate of drug-likeness (QED) is 0.315. The fourth-order valence-electron chi connectivity index (χ4n) is 2.42. The van der Waals surface area contributed by atoms with Gasteiger partial charge in [-0.25, -0.2) is 9.82 Å². The number of amides is 2. The minimum Gasteiger partial charge on any atom is -0.489 e. The summed E-state index contributed by atoms with van der Waals surface area (Å²) in [4.78, 5) is 23.7. The van der Waals surface area contributed by atoms with E-state index in [4.69, 9.17) is 27.9 Å². The van der Waals surface area contributed by atoms with E-state index < -0.39 is 17.6 Å². The number of rotatable bonds is 6. The van der Waals surface area contributed by atoms with Crippen molar-refractivity contribution in [2.45, 2.75) is 6.61 Å². The molecular formula is C22H16Cl2FN3O3. The molecule has 2 amide bonds. The van der Waals surface area contributed by atoms with Crippen molar-refractivity contribution >= 4 is 46.9 Å². The van der Waals surface area contributed by atoms with Crippen LogP contribution in [0.15, 0.2) is 71.8 Å². The molecule has 3 aromatic rings. The van der Waals surface area contributed by atoms with Crippen molar-refractivity contribution in [1.82, 2.24) is 5.43 Å². The van der Waals surface area contributed by atoms with Crippen LogP contribution in [-0.4, -0.2) is 18.0 Å². The molecule has 0 saturated heterocycles. The molecule has 158 valence electrons. The zero-order valence-electron chi connectivity index (χ0n) is 15.9. The number of anilines is 1. The van der Waals surface area contributed by atoms with E-state index in [-0.39, 0.29) is 12.3 Å². The molecule has 0 aliphatic rings. The molecule has 0 radical (unpaired) electrons. The van der Waals surface area contributed by atoms with E-state index in [1.165, 1.54) is 30.5 Å². The number of carbonyl (C=O) groups excluding carboxylic acids is 2. The van der Waals surface area contributed by atoms with Crippen LogP contribution in [0.3, 0.4) is 0 Å². The molecule has 3 rings (SSSR count). The monoisotopic (exact) mass is 459 g/mol. The maximum absolute atomic E-state index is 12.9. The zero-order valence-corrected chi connectivity index (χ0v) is 17.5. The van der Waals surface area contributed by atoms with Crippen molar-refractivity contribution in [2.75, 3.05) is 5.32 Å². The molecule has 0 aliphatic carbocycles. The van der Waals surface area contributed by atoms with Crippen molar-refractivity contribution in [3.63, 3.8) is 0 Å². The second kappa shape index (κ2) is 10.6. The zero-order chi connectivity index (χ0) is 22.2. The van der Waals surface area contributed by atoms with Gasteiger partial charge in [-0.3, -0.25) is 9.59 Å². The number of nitrogens with one attached hydrogen (secondary N) is 2. The lowest BCUT2D eigenvalue weighted by Crippen LogP contribution is -2.32. The lowest BCUT2D eigenvalue weighted by molar-refractivity contribution is -0.136. The van der Waals surface area contributed by atoms with Gasteiger partial charge < -0.3 is 10.1 Å². The van der Waals surface area contributed by atoms with Gasteiger partial charge in [-0.1, -0.05) is 41.4 Å². The molecule has 0 saturated carbocycles. The van der Waals surface area contributed by atoms with Crippen molar-refractivity contribution in [2.24, 2.45) is 5.10 Å². The summed E-state index contributed by atoms with van der Waals surface area (Å²) >= 11 is 12.0. The van der Waals surface area contributed by atoms with Gasteiger partial charge in [0.05, 0.1) is 6.21 Å². The highest BCUT2D eigenvalue weighted by Gasteiger charge is 2.12. The lowest BCUT2D eigenvalue weighted by atomic mass is 10.2. The molecule has 0 unspecified atom stereocenters. The SMILES string of the molecule is O=C(N/N=C\c1cccc(OCc2ccc(Cl)cc2Cl)c1)C(=O)Nc1ccc(F)cc1. The predicted molar refractivity (Wildman–Crippen MR) is 118 cm³/mol. The van der Waals surface area contributed by atoms with E-state index in [1.54, 1.807) is 42.5 Å². The molecule has 9 heteroatoms. The molecule has 6 nitrogen and oxygen atoms in total. The first-order valence-electron chi connectivity index (χ1n) is 8.97. The average molecular weight is 460 g/mol. The fraction of sp³-hybridized carbons (Fsp3) is 0.0455. The minimum absolute atomic E-state index is 0.247. The Hall–Kier alpha value is -3.42. The third kappa shape index (κ3) is 6.80. The van der Waals surface area contributed by atoms with Crippen LogP contribution in [0.5, 0.6) is 5.75 Å². The Morgan fingerprint density at radius 2 is 1.77 bits per heavy atom. The highest BCUT2D eigenvalue weighted by molar-refractivity contribution is 6.39. The Kier molecular flexibility index (Phi) is 7.59. The van der Waals surface area contributed by atoms with Crippen LogP contribution in [0.1, 0.15) is 11.1 Å². The maximum atomic E-state index is 12.9. The first-order chi connectivity index (χ1) is 14.9. The Balaban J connectivity index is 1.53. The van der Waals surface area contributed by atoms with Gasteiger partial charge in [0, 0.05) is 21.3 Å². The lowest BCUT2D eigenvalue weighted by Gasteiger charge is -2.08. The number of carbonyl (C=O) groups is 2. The average Bonchev–Trinajstić information content (AvgIpc) is 2.75. The third-order valence-electron chi connectivity index (χ3n) is 3.96. The van der Waals surface area contributed by atoms with Crippen molar-refractivity contribution in [3.8, 4) is 5.75 Å². The number of hydrogen-bond acceptors (Lipinski definition) is 4. The van der Waals surface area contributed by atoms with Crippen LogP contribution in [0.4, 0.5) is 10.1 Å². The summed E-state index contributed by atoms with van der Waals surface area (Å²) in [6.07, 6.45) is 1.37. The predicted octanol–water partition coefficient (Wildman–Crippen LogP) is 4.80. The largest absolute Gasteiger partial charge is 0.489 e. The number of hydrogen-bond donors (Lipinski definition) is 2. The first-order valence-corrected chi connectivity index (χ1v) is 9.73. The van der Waals surface area contributed by atoms with Gasteiger partial charge in [-0.2, -0.15) is 5.10 Å². The highest BCUT2D eigenvalue weighted by Crippen LogP contribution is 2.23. The first kappa shape index (κ1) is 22.3. The second-order valence-electron chi connectivity index (χ2n) is 6.26. The standard InChI is InChI=1S/C22H16Cl2FN3O3/c23-16-5-4-15(20(24)11-16)13-31-19-3-1-2-14(10-19)12-26-28-22(30)21(29)27-18-8-6-17(25)7-9-18/h1-12H,13H2,(H,27,29)(H,28,30)/b26-12-. The van der Waals surface area contributed by atoms with Crippen LogP contribution < -0.4 is 15.5 Å². The number of benzene rings is 3. The van der Waals surface area contributed by atoms with Crippen LogP contribution in [-0.2, 0) is 16.2 Å². The molecular weight excluding hydrogens is 444 g/mol. The third-order valence-corrected chi connectivity index (χ3v) is 4.54. The maximum Gasteiger partial charge on any atom is 0.329 e. The van der Waals surface area contributed by atoms with Crippen molar-refractivity contribution < 1.29 is 18.7 Å². The summed E-state index contributed by atoms with van der Waals surface area (Å²) in [5.74, 6) is -1.78. The van der Waals surface area contributed by atoms with E-state index in [2.05, 4.69) is 15.8 Å².